The Morgan fingerprint density at radius 3 is 2.44 bits per heavy atom. The zero-order valence-electron chi connectivity index (χ0n) is 16.3. The average Bonchev–Trinajstić information content (AvgIpc) is 3.14. The van der Waals surface area contributed by atoms with Gasteiger partial charge in [0.1, 0.15) is 0 Å². The number of hydrogen-bond acceptors (Lipinski definition) is 6. The smallest absolute Gasteiger partial charge is 0.237 e. The van der Waals surface area contributed by atoms with Crippen LogP contribution >= 0.6 is 11.8 Å². The summed E-state index contributed by atoms with van der Waals surface area (Å²) < 4.78 is 3.45. The van der Waals surface area contributed by atoms with Gasteiger partial charge in [-0.2, -0.15) is 9.78 Å². The number of tetrazole rings is 1. The molecule has 1 atom stereocenters. The van der Waals surface area contributed by atoms with Crippen LogP contribution in [0.25, 0.3) is 5.69 Å². The molecule has 1 aromatic carbocycles. The zero-order chi connectivity index (χ0) is 19.7. The van der Waals surface area contributed by atoms with Gasteiger partial charge in [-0.3, -0.25) is 9.48 Å². The Labute approximate surface area is 162 Å². The lowest BCUT2D eigenvalue weighted by molar-refractivity contribution is -0.115. The lowest BCUT2D eigenvalue weighted by Gasteiger charge is -2.14. The molecule has 8 nitrogen and oxygen atoms in total. The van der Waals surface area contributed by atoms with E-state index in [2.05, 4.69) is 25.9 Å². The molecule has 0 aliphatic heterocycles. The molecule has 3 rings (SSSR count). The second kappa shape index (κ2) is 7.51. The molecule has 0 unspecified atom stereocenters. The second-order valence-corrected chi connectivity index (χ2v) is 7.84. The molecule has 142 valence electrons. The van der Waals surface area contributed by atoms with Crippen LogP contribution < -0.4 is 5.32 Å². The van der Waals surface area contributed by atoms with Crippen molar-refractivity contribution in [3.05, 3.63) is 40.7 Å². The van der Waals surface area contributed by atoms with Gasteiger partial charge in [-0.15, -0.1) is 5.10 Å². The highest BCUT2D eigenvalue weighted by Crippen LogP contribution is 2.27. The van der Waals surface area contributed by atoms with Crippen molar-refractivity contribution < 1.29 is 4.79 Å². The van der Waals surface area contributed by atoms with Crippen molar-refractivity contribution in [1.29, 1.82) is 0 Å². The topological polar surface area (TPSA) is 90.5 Å². The van der Waals surface area contributed by atoms with Crippen LogP contribution in [0.1, 0.15) is 29.4 Å². The number of thioether (sulfide) groups is 1. The lowest BCUT2D eigenvalue weighted by atomic mass is 10.1. The summed E-state index contributed by atoms with van der Waals surface area (Å²) in [6.45, 7) is 9.67. The van der Waals surface area contributed by atoms with E-state index in [-0.39, 0.29) is 11.2 Å². The lowest BCUT2D eigenvalue weighted by Crippen LogP contribution is -2.23. The number of para-hydroxylation sites is 1. The summed E-state index contributed by atoms with van der Waals surface area (Å²) in [5.41, 5.74) is 5.55. The summed E-state index contributed by atoms with van der Waals surface area (Å²) in [5.74, 6) is -0.116. The Morgan fingerprint density at radius 2 is 1.85 bits per heavy atom. The molecule has 2 heterocycles. The number of rotatable bonds is 5. The molecule has 1 amide bonds. The molecule has 9 heteroatoms. The minimum atomic E-state index is -0.377. The van der Waals surface area contributed by atoms with E-state index in [0.29, 0.717) is 5.16 Å². The van der Waals surface area contributed by atoms with Gasteiger partial charge >= 0.3 is 0 Å². The van der Waals surface area contributed by atoms with Crippen LogP contribution in [0.4, 0.5) is 5.69 Å². The van der Waals surface area contributed by atoms with Crippen molar-refractivity contribution in [3.8, 4) is 5.69 Å². The Hall–Kier alpha value is -2.68. The van der Waals surface area contributed by atoms with Gasteiger partial charge in [-0.25, -0.2) is 0 Å². The molecule has 3 aromatic rings. The molecule has 0 aliphatic carbocycles. The van der Waals surface area contributed by atoms with Crippen LogP contribution in [0, 0.1) is 27.7 Å². The number of amides is 1. The predicted octanol–water partition coefficient (Wildman–Crippen LogP) is 2.75. The Balaban J connectivity index is 1.80. The maximum Gasteiger partial charge on any atom is 0.237 e. The van der Waals surface area contributed by atoms with E-state index in [0.717, 1.165) is 33.9 Å². The highest BCUT2D eigenvalue weighted by Gasteiger charge is 2.22. The fourth-order valence-corrected chi connectivity index (χ4v) is 3.72. The van der Waals surface area contributed by atoms with Gasteiger partial charge in [0.25, 0.3) is 0 Å². The van der Waals surface area contributed by atoms with E-state index in [1.54, 1.807) is 9.36 Å². The molecule has 0 radical (unpaired) electrons. The van der Waals surface area contributed by atoms with Crippen molar-refractivity contribution in [2.75, 3.05) is 5.32 Å². The molecule has 0 bridgehead atoms. The van der Waals surface area contributed by atoms with Crippen LogP contribution in [-0.4, -0.2) is 41.1 Å². The molecular weight excluding hydrogens is 362 g/mol. The number of anilines is 1. The number of aryl methyl sites for hydroxylation is 4. The normalized spacial score (nSPS) is 12.2. The third-order valence-corrected chi connectivity index (χ3v) is 5.53. The summed E-state index contributed by atoms with van der Waals surface area (Å²) in [7, 11) is 1.86. The standard InChI is InChI=1S/C18H23N7OS/c1-10-8-7-9-11(2)16(10)25-18(20-22-23-25)27-14(5)17(26)19-15-12(3)21-24(6)13(15)4/h7-9,14H,1-6H3,(H,19,26)/t14-/m0/s1. The van der Waals surface area contributed by atoms with Crippen molar-refractivity contribution >= 4 is 23.4 Å². The minimum absolute atomic E-state index is 0.116. The number of nitrogens with one attached hydrogen (secondary N) is 1. The first-order valence-corrected chi connectivity index (χ1v) is 9.50. The molecule has 0 saturated carbocycles. The van der Waals surface area contributed by atoms with Crippen LogP contribution in [0.3, 0.4) is 0 Å². The maximum atomic E-state index is 12.7. The summed E-state index contributed by atoms with van der Waals surface area (Å²) in [6.07, 6.45) is 0. The number of aromatic nitrogens is 6. The zero-order valence-corrected chi connectivity index (χ0v) is 17.1. The molecule has 0 aliphatic rings. The van der Waals surface area contributed by atoms with Gasteiger partial charge in [-0.1, -0.05) is 30.0 Å². The first-order chi connectivity index (χ1) is 12.8. The number of carbonyl (C=O) groups excluding carboxylic acids is 1. The summed E-state index contributed by atoms with van der Waals surface area (Å²) in [4.78, 5) is 12.7. The van der Waals surface area contributed by atoms with Crippen molar-refractivity contribution in [2.24, 2.45) is 7.05 Å². The molecular formula is C18H23N7OS. The minimum Gasteiger partial charge on any atom is -0.322 e. The van der Waals surface area contributed by atoms with E-state index in [1.165, 1.54) is 11.8 Å². The average molecular weight is 385 g/mol. The van der Waals surface area contributed by atoms with E-state index >= 15 is 0 Å². The Bertz CT molecular complexity index is 972. The van der Waals surface area contributed by atoms with Gasteiger partial charge in [0.2, 0.25) is 11.1 Å². The summed E-state index contributed by atoms with van der Waals surface area (Å²) >= 11 is 1.32. The van der Waals surface area contributed by atoms with Crippen molar-refractivity contribution in [2.45, 2.75) is 45.0 Å². The van der Waals surface area contributed by atoms with Crippen molar-refractivity contribution in [1.82, 2.24) is 30.0 Å². The highest BCUT2D eigenvalue weighted by atomic mass is 32.2. The van der Waals surface area contributed by atoms with Gasteiger partial charge in [0.15, 0.2) is 0 Å². The van der Waals surface area contributed by atoms with Crippen LogP contribution in [0.5, 0.6) is 0 Å². The number of nitrogens with zero attached hydrogens (tertiary/aromatic N) is 6. The molecule has 27 heavy (non-hydrogen) atoms. The molecule has 0 fully saturated rings. The van der Waals surface area contributed by atoms with Gasteiger partial charge in [0, 0.05) is 7.05 Å². The largest absolute Gasteiger partial charge is 0.322 e. The fourth-order valence-electron chi connectivity index (χ4n) is 2.92. The van der Waals surface area contributed by atoms with E-state index in [1.807, 2.05) is 59.9 Å². The van der Waals surface area contributed by atoms with Crippen LogP contribution in [0.2, 0.25) is 0 Å². The maximum absolute atomic E-state index is 12.7. The molecule has 0 spiro atoms. The Morgan fingerprint density at radius 1 is 1.19 bits per heavy atom. The number of carbonyl (C=O) groups is 1. The van der Waals surface area contributed by atoms with E-state index in [4.69, 9.17) is 0 Å². The number of hydrogen-bond donors (Lipinski definition) is 1. The monoisotopic (exact) mass is 385 g/mol. The van der Waals surface area contributed by atoms with E-state index < -0.39 is 0 Å². The Kier molecular flexibility index (Phi) is 5.31. The summed E-state index contributed by atoms with van der Waals surface area (Å²) in [5, 5.41) is 19.5. The molecule has 2 aromatic heterocycles. The predicted molar refractivity (Wildman–Crippen MR) is 105 cm³/mol. The first-order valence-electron chi connectivity index (χ1n) is 8.62. The van der Waals surface area contributed by atoms with Gasteiger partial charge < -0.3 is 5.32 Å². The first kappa shape index (κ1) is 19.1. The van der Waals surface area contributed by atoms with E-state index in [9.17, 15) is 4.79 Å². The molecule has 1 N–H and O–H groups in total. The van der Waals surface area contributed by atoms with Crippen LogP contribution in [-0.2, 0) is 11.8 Å². The number of benzene rings is 1. The quantitative estimate of drug-likeness (QED) is 0.679. The third kappa shape index (κ3) is 3.73. The highest BCUT2D eigenvalue weighted by molar-refractivity contribution is 8.00. The van der Waals surface area contributed by atoms with Gasteiger partial charge in [0.05, 0.1) is 28.0 Å². The van der Waals surface area contributed by atoms with Crippen molar-refractivity contribution in [3.63, 3.8) is 0 Å². The SMILES string of the molecule is Cc1cccc(C)c1-n1nnnc1S[C@@H](C)C(=O)Nc1c(C)nn(C)c1C. The van der Waals surface area contributed by atoms with Gasteiger partial charge in [-0.05, 0) is 56.2 Å². The molecule has 0 saturated heterocycles. The van der Waals surface area contributed by atoms with Crippen LogP contribution in [0.15, 0.2) is 23.4 Å². The third-order valence-electron chi connectivity index (χ3n) is 4.50. The summed E-state index contributed by atoms with van der Waals surface area (Å²) in [6, 6.07) is 6.03. The fraction of sp³-hybridized carbons (Fsp3) is 0.389. The second-order valence-electron chi connectivity index (χ2n) is 6.53.